The van der Waals surface area contributed by atoms with Gasteiger partial charge in [-0.05, 0) is 43.2 Å². The topological polar surface area (TPSA) is 56.2 Å². The Labute approximate surface area is 198 Å². The summed E-state index contributed by atoms with van der Waals surface area (Å²) in [7, 11) is 0. The summed E-state index contributed by atoms with van der Waals surface area (Å²) in [5.74, 6) is 0.353. The van der Waals surface area contributed by atoms with Gasteiger partial charge in [0.1, 0.15) is 11.6 Å². The van der Waals surface area contributed by atoms with Gasteiger partial charge >= 0.3 is 6.18 Å². The molecule has 0 radical (unpaired) electrons. The van der Waals surface area contributed by atoms with Gasteiger partial charge < -0.3 is 10.1 Å². The number of ether oxygens (including phenoxy) is 1. The molecule has 5 rings (SSSR count). The molecule has 0 amide bonds. The van der Waals surface area contributed by atoms with Gasteiger partial charge in [-0.2, -0.15) is 18.2 Å². The van der Waals surface area contributed by atoms with Crippen LogP contribution in [0.15, 0.2) is 102 Å². The molecule has 0 unspecified atom stereocenters. The maximum Gasteiger partial charge on any atom is 0.417 e. The fourth-order valence-electron chi connectivity index (χ4n) is 3.96. The summed E-state index contributed by atoms with van der Waals surface area (Å²) in [6.07, 6.45) is 2.73. The molecule has 1 aliphatic rings. The van der Waals surface area contributed by atoms with Crippen molar-refractivity contribution in [3.8, 4) is 17.3 Å². The van der Waals surface area contributed by atoms with Crippen LogP contribution >= 0.6 is 0 Å². The molecule has 1 N–H and O–H groups in total. The summed E-state index contributed by atoms with van der Waals surface area (Å²) in [5, 5.41) is 2.66. The Morgan fingerprint density at radius 3 is 2.31 bits per heavy atom. The van der Waals surface area contributed by atoms with Crippen LogP contribution in [0.1, 0.15) is 18.4 Å². The van der Waals surface area contributed by atoms with Crippen LogP contribution in [0.2, 0.25) is 0 Å². The standard InChI is InChI=1S/C27H20F3N3O2/c28-27(29,30)21-16-24(35-20-14-8-3-9-15-20)32-26-25(21)22(34)17-23(31-18-10-4-1-5-11-18)33(26)19-12-6-2-7-13-19/h2-4,6-17,31H,1,5H2. The number of hydrogen-bond donors (Lipinski definition) is 1. The van der Waals surface area contributed by atoms with E-state index < -0.39 is 22.6 Å². The molecular weight excluding hydrogens is 455 g/mol. The molecule has 0 aliphatic heterocycles. The molecule has 0 saturated carbocycles. The summed E-state index contributed by atoms with van der Waals surface area (Å²) in [6, 6.07) is 19.1. The number of aromatic nitrogens is 2. The molecule has 4 aromatic rings. The van der Waals surface area contributed by atoms with E-state index in [1.54, 1.807) is 60.7 Å². The highest BCUT2D eigenvalue weighted by atomic mass is 19.4. The zero-order valence-corrected chi connectivity index (χ0v) is 18.4. The Balaban J connectivity index is 1.81. The molecular formula is C27H20F3N3O2. The highest BCUT2D eigenvalue weighted by Crippen LogP contribution is 2.37. The second-order valence-electron chi connectivity index (χ2n) is 7.95. The van der Waals surface area contributed by atoms with Crippen LogP contribution in [0.25, 0.3) is 16.7 Å². The second-order valence-corrected chi connectivity index (χ2v) is 7.95. The van der Waals surface area contributed by atoms with E-state index in [0.29, 0.717) is 17.3 Å². The van der Waals surface area contributed by atoms with Crippen molar-refractivity contribution in [1.82, 2.24) is 9.55 Å². The van der Waals surface area contributed by atoms with E-state index in [2.05, 4.69) is 10.3 Å². The van der Waals surface area contributed by atoms with Gasteiger partial charge in [0, 0.05) is 23.5 Å². The highest BCUT2D eigenvalue weighted by molar-refractivity contribution is 5.84. The van der Waals surface area contributed by atoms with Gasteiger partial charge in [0.25, 0.3) is 0 Å². The Morgan fingerprint density at radius 1 is 0.943 bits per heavy atom. The van der Waals surface area contributed by atoms with Gasteiger partial charge in [0.05, 0.1) is 10.9 Å². The number of nitrogens with zero attached hydrogens (tertiary/aromatic N) is 2. The van der Waals surface area contributed by atoms with Crippen molar-refractivity contribution in [3.63, 3.8) is 0 Å². The molecule has 0 fully saturated rings. The van der Waals surface area contributed by atoms with Crippen LogP contribution in [0.5, 0.6) is 11.6 Å². The number of anilines is 1. The molecule has 1 aliphatic carbocycles. The van der Waals surface area contributed by atoms with Gasteiger partial charge in [-0.15, -0.1) is 0 Å². The van der Waals surface area contributed by atoms with Gasteiger partial charge in [-0.1, -0.05) is 48.6 Å². The van der Waals surface area contributed by atoms with Crippen molar-refractivity contribution in [1.29, 1.82) is 0 Å². The highest BCUT2D eigenvalue weighted by Gasteiger charge is 2.36. The fraction of sp³-hybridized carbons (Fsp3) is 0.111. The Bertz CT molecular complexity index is 1490. The van der Waals surface area contributed by atoms with Gasteiger partial charge in [0.15, 0.2) is 11.1 Å². The maximum atomic E-state index is 14.2. The predicted octanol–water partition coefficient (Wildman–Crippen LogP) is 6.84. The van der Waals surface area contributed by atoms with E-state index in [1.165, 1.54) is 10.6 Å². The number of pyridine rings is 2. The van der Waals surface area contributed by atoms with Crippen molar-refractivity contribution in [2.45, 2.75) is 19.0 Å². The third-order valence-corrected chi connectivity index (χ3v) is 5.50. The smallest absolute Gasteiger partial charge is 0.417 e. The number of hydrogen-bond acceptors (Lipinski definition) is 4. The van der Waals surface area contributed by atoms with Crippen LogP contribution in [-0.2, 0) is 6.18 Å². The third-order valence-electron chi connectivity index (χ3n) is 5.50. The number of para-hydroxylation sites is 2. The average molecular weight is 475 g/mol. The molecule has 2 heterocycles. The molecule has 0 bridgehead atoms. The minimum absolute atomic E-state index is 0.160. The van der Waals surface area contributed by atoms with Crippen molar-refractivity contribution >= 4 is 16.9 Å². The lowest BCUT2D eigenvalue weighted by Gasteiger charge is -2.21. The minimum Gasteiger partial charge on any atom is -0.439 e. The molecule has 176 valence electrons. The van der Waals surface area contributed by atoms with Crippen molar-refractivity contribution in [3.05, 3.63) is 113 Å². The number of benzene rings is 2. The maximum absolute atomic E-state index is 14.2. The Morgan fingerprint density at radius 2 is 1.66 bits per heavy atom. The van der Waals surface area contributed by atoms with Crippen LogP contribution in [-0.4, -0.2) is 9.55 Å². The van der Waals surface area contributed by atoms with Gasteiger partial charge in [-0.25, -0.2) is 0 Å². The summed E-state index contributed by atoms with van der Waals surface area (Å²) < 4.78 is 49.7. The minimum atomic E-state index is -4.80. The number of allylic oxidation sites excluding steroid dienone is 3. The lowest BCUT2D eigenvalue weighted by molar-refractivity contribution is -0.136. The third kappa shape index (κ3) is 4.68. The second kappa shape index (κ2) is 9.13. The average Bonchev–Trinajstić information content (AvgIpc) is 2.85. The number of nitrogens with one attached hydrogen (secondary N) is 1. The lowest BCUT2D eigenvalue weighted by atomic mass is 10.1. The molecule has 0 spiro atoms. The first-order valence-corrected chi connectivity index (χ1v) is 11.0. The van der Waals surface area contributed by atoms with E-state index in [9.17, 15) is 18.0 Å². The molecule has 35 heavy (non-hydrogen) atoms. The molecule has 0 atom stereocenters. The zero-order valence-electron chi connectivity index (χ0n) is 18.4. The summed E-state index contributed by atoms with van der Waals surface area (Å²) in [5.41, 5.74) is -0.773. The van der Waals surface area contributed by atoms with Crippen LogP contribution in [0.3, 0.4) is 0 Å². The monoisotopic (exact) mass is 475 g/mol. The van der Waals surface area contributed by atoms with E-state index in [1.807, 2.05) is 18.2 Å². The Kier molecular flexibility index (Phi) is 5.86. The number of alkyl halides is 3. The number of halogens is 3. The number of rotatable bonds is 5. The zero-order chi connectivity index (χ0) is 24.4. The van der Waals surface area contributed by atoms with E-state index >= 15 is 0 Å². The summed E-state index contributed by atoms with van der Waals surface area (Å²) >= 11 is 0. The van der Waals surface area contributed by atoms with E-state index in [4.69, 9.17) is 4.74 Å². The largest absolute Gasteiger partial charge is 0.439 e. The Hall–Kier alpha value is -4.33. The van der Waals surface area contributed by atoms with Crippen molar-refractivity contribution in [2.75, 3.05) is 5.32 Å². The SMILES string of the molecule is O=c1cc(NC2=CCCC=C2)n(-c2ccccc2)c2nc(Oc3ccccc3)cc(C(F)(F)F)c12. The lowest BCUT2D eigenvalue weighted by Crippen LogP contribution is -2.19. The van der Waals surface area contributed by atoms with Crippen molar-refractivity contribution < 1.29 is 17.9 Å². The first-order valence-electron chi connectivity index (χ1n) is 11.0. The molecule has 2 aromatic carbocycles. The quantitative estimate of drug-likeness (QED) is 0.343. The molecule has 2 aromatic heterocycles. The normalized spacial score (nSPS) is 13.5. The molecule has 0 saturated heterocycles. The number of fused-ring (bicyclic) bond motifs is 1. The van der Waals surface area contributed by atoms with E-state index in [0.717, 1.165) is 24.6 Å². The molecule has 8 heteroatoms. The van der Waals surface area contributed by atoms with Gasteiger partial charge in [0.2, 0.25) is 5.88 Å². The predicted molar refractivity (Wildman–Crippen MR) is 129 cm³/mol. The van der Waals surface area contributed by atoms with Crippen LogP contribution in [0, 0.1) is 0 Å². The summed E-state index contributed by atoms with van der Waals surface area (Å²) in [6.45, 7) is 0. The van der Waals surface area contributed by atoms with Crippen LogP contribution in [0.4, 0.5) is 19.0 Å². The molecule has 5 nitrogen and oxygen atoms in total. The van der Waals surface area contributed by atoms with E-state index in [-0.39, 0.29) is 11.5 Å². The van der Waals surface area contributed by atoms with Crippen molar-refractivity contribution in [2.24, 2.45) is 0 Å². The fourth-order valence-corrected chi connectivity index (χ4v) is 3.96. The van der Waals surface area contributed by atoms with Gasteiger partial charge in [-0.3, -0.25) is 9.36 Å². The first kappa shape index (κ1) is 22.5. The van der Waals surface area contributed by atoms with Crippen LogP contribution < -0.4 is 15.5 Å². The summed E-state index contributed by atoms with van der Waals surface area (Å²) in [4.78, 5) is 17.5. The first-order chi connectivity index (χ1) is 16.9.